The van der Waals surface area contributed by atoms with Crippen molar-refractivity contribution in [3.63, 3.8) is 0 Å². The minimum absolute atomic E-state index is 0.272. The van der Waals surface area contributed by atoms with Crippen LogP contribution in [0, 0.1) is 0 Å². The Morgan fingerprint density at radius 1 is 1.64 bits per heavy atom. The average Bonchev–Trinajstić information content (AvgIpc) is 2.69. The van der Waals surface area contributed by atoms with Crippen LogP contribution in [0.4, 0.5) is 0 Å². The van der Waals surface area contributed by atoms with Gasteiger partial charge in [0.25, 0.3) is 0 Å². The van der Waals surface area contributed by atoms with Gasteiger partial charge in [-0.25, -0.2) is 0 Å². The van der Waals surface area contributed by atoms with Crippen molar-refractivity contribution in [1.29, 1.82) is 0 Å². The molecule has 0 N–H and O–H groups in total. The zero-order chi connectivity index (χ0) is 9.71. The van der Waals surface area contributed by atoms with Crippen molar-refractivity contribution in [1.82, 2.24) is 19.9 Å². The van der Waals surface area contributed by atoms with Crippen LogP contribution in [0.3, 0.4) is 0 Å². The first kappa shape index (κ1) is 8.28. The molecule has 5 nitrogen and oxygen atoms in total. The number of β-lactam (4-membered cyclic amide) rings is 1. The number of fused-ring (bicyclic) bond motifs is 1. The first-order chi connectivity index (χ1) is 6.74. The van der Waals surface area contributed by atoms with Crippen molar-refractivity contribution >= 4 is 17.7 Å². The van der Waals surface area contributed by atoms with E-state index in [2.05, 4.69) is 10.2 Å². The first-order valence-electron chi connectivity index (χ1n) is 4.55. The van der Waals surface area contributed by atoms with Crippen LogP contribution in [-0.4, -0.2) is 37.7 Å². The van der Waals surface area contributed by atoms with Crippen LogP contribution < -0.4 is 0 Å². The van der Waals surface area contributed by atoms with Crippen molar-refractivity contribution in [2.75, 3.05) is 6.54 Å². The fraction of sp³-hybridized carbons (Fsp3) is 0.625. The van der Waals surface area contributed by atoms with Crippen molar-refractivity contribution in [2.45, 2.75) is 17.0 Å². The number of amides is 1. The van der Waals surface area contributed by atoms with Crippen LogP contribution >= 0.6 is 11.8 Å². The van der Waals surface area contributed by atoms with E-state index in [9.17, 15) is 4.79 Å². The smallest absolute Gasteiger partial charge is 0.226 e. The van der Waals surface area contributed by atoms with Gasteiger partial charge in [-0.1, -0.05) is 0 Å². The van der Waals surface area contributed by atoms with Crippen LogP contribution in [0.1, 0.15) is 17.4 Å². The zero-order valence-corrected chi connectivity index (χ0v) is 8.57. The number of hydrogen-bond donors (Lipinski definition) is 0. The molecule has 2 saturated heterocycles. The molecule has 2 aliphatic rings. The highest BCUT2D eigenvalue weighted by Gasteiger charge is 2.45. The quantitative estimate of drug-likeness (QED) is 0.620. The molecule has 2 atom stereocenters. The summed E-state index contributed by atoms with van der Waals surface area (Å²) in [5.41, 5.74) is 0.986. The number of carbonyl (C=O) groups excluding carboxylic acids is 1. The standard InChI is InChI=1S/C8H10N4OS/c1-11-9-3-5(10-11)6-4-12-7(13)2-8(12)14-6/h3,6,8H,2,4H2,1H3. The van der Waals surface area contributed by atoms with Crippen LogP contribution in [0.25, 0.3) is 0 Å². The topological polar surface area (TPSA) is 51.0 Å². The Labute approximate surface area is 85.4 Å². The van der Waals surface area contributed by atoms with Crippen molar-refractivity contribution in [2.24, 2.45) is 7.05 Å². The summed E-state index contributed by atoms with van der Waals surface area (Å²) in [4.78, 5) is 14.6. The lowest BCUT2D eigenvalue weighted by atomic mass is 10.2. The van der Waals surface area contributed by atoms with E-state index in [-0.39, 0.29) is 5.91 Å². The molecule has 1 aromatic heterocycles. The molecule has 2 fully saturated rings. The van der Waals surface area contributed by atoms with Gasteiger partial charge in [-0.05, 0) is 0 Å². The Bertz CT molecular complexity index is 390. The second-order valence-corrected chi connectivity index (χ2v) is 4.97. The van der Waals surface area contributed by atoms with Crippen LogP contribution in [0.5, 0.6) is 0 Å². The Morgan fingerprint density at radius 3 is 3.07 bits per heavy atom. The van der Waals surface area contributed by atoms with Crippen molar-refractivity contribution in [3.05, 3.63) is 11.9 Å². The van der Waals surface area contributed by atoms with Gasteiger partial charge in [0, 0.05) is 13.6 Å². The van der Waals surface area contributed by atoms with Crippen LogP contribution in [-0.2, 0) is 11.8 Å². The maximum atomic E-state index is 11.2. The third-order valence-electron chi connectivity index (χ3n) is 2.65. The maximum Gasteiger partial charge on any atom is 0.226 e. The molecule has 6 heteroatoms. The summed E-state index contributed by atoms with van der Waals surface area (Å²) in [6.07, 6.45) is 2.48. The molecular formula is C8H10N4OS. The van der Waals surface area contributed by atoms with E-state index in [1.165, 1.54) is 0 Å². The largest absolute Gasteiger partial charge is 0.329 e. The predicted octanol–water partition coefficient (Wildman–Crippen LogP) is 0.161. The second-order valence-electron chi connectivity index (χ2n) is 3.59. The Morgan fingerprint density at radius 2 is 2.50 bits per heavy atom. The Balaban J connectivity index is 1.79. The average molecular weight is 210 g/mol. The van der Waals surface area contributed by atoms with Gasteiger partial charge >= 0.3 is 0 Å². The van der Waals surface area contributed by atoms with Crippen molar-refractivity contribution < 1.29 is 4.79 Å². The molecular weight excluding hydrogens is 200 g/mol. The lowest BCUT2D eigenvalue weighted by molar-refractivity contribution is -0.140. The number of rotatable bonds is 1. The third-order valence-corrected chi connectivity index (χ3v) is 4.10. The summed E-state index contributed by atoms with van der Waals surface area (Å²) in [7, 11) is 1.81. The third kappa shape index (κ3) is 1.06. The summed E-state index contributed by atoms with van der Waals surface area (Å²) >= 11 is 1.82. The van der Waals surface area contributed by atoms with E-state index in [4.69, 9.17) is 0 Å². The molecule has 0 aromatic carbocycles. The lowest BCUT2D eigenvalue weighted by Crippen LogP contribution is -2.46. The highest BCUT2D eigenvalue weighted by atomic mass is 32.2. The van der Waals surface area contributed by atoms with E-state index < -0.39 is 0 Å². The normalized spacial score (nSPS) is 30.4. The first-order valence-corrected chi connectivity index (χ1v) is 5.49. The lowest BCUT2D eigenvalue weighted by Gasteiger charge is -2.32. The number of carbonyl (C=O) groups is 1. The number of aryl methyl sites for hydroxylation is 1. The van der Waals surface area contributed by atoms with Gasteiger partial charge in [0.2, 0.25) is 5.91 Å². The van der Waals surface area contributed by atoms with E-state index in [0.29, 0.717) is 17.0 Å². The molecule has 2 unspecified atom stereocenters. The number of thioether (sulfide) groups is 1. The fourth-order valence-electron chi connectivity index (χ4n) is 1.85. The summed E-state index contributed by atoms with van der Waals surface area (Å²) in [5.74, 6) is 0.272. The molecule has 0 radical (unpaired) electrons. The summed E-state index contributed by atoms with van der Waals surface area (Å²) < 4.78 is 0. The van der Waals surface area contributed by atoms with Gasteiger partial charge in [0.05, 0.1) is 28.9 Å². The minimum Gasteiger partial charge on any atom is -0.329 e. The van der Waals surface area contributed by atoms with Gasteiger partial charge in [0.15, 0.2) is 0 Å². The summed E-state index contributed by atoms with van der Waals surface area (Å²) in [6, 6.07) is 0. The van der Waals surface area contributed by atoms with Crippen LogP contribution in [0.2, 0.25) is 0 Å². The molecule has 2 aliphatic heterocycles. The molecule has 3 heterocycles. The van der Waals surface area contributed by atoms with Crippen molar-refractivity contribution in [3.8, 4) is 0 Å². The minimum atomic E-state index is 0.272. The molecule has 1 amide bonds. The number of hydrogen-bond acceptors (Lipinski definition) is 4. The summed E-state index contributed by atoms with van der Waals surface area (Å²) in [6.45, 7) is 0.798. The van der Waals surface area contributed by atoms with Gasteiger partial charge in [-0.15, -0.1) is 11.8 Å². The second kappa shape index (κ2) is 2.73. The Kier molecular flexibility index (Phi) is 1.61. The van der Waals surface area contributed by atoms with Gasteiger partial charge in [-0.2, -0.15) is 15.0 Å². The monoisotopic (exact) mass is 210 g/mol. The number of aromatic nitrogens is 3. The number of nitrogens with zero attached hydrogens (tertiary/aromatic N) is 4. The molecule has 0 spiro atoms. The van der Waals surface area contributed by atoms with Gasteiger partial charge in [-0.3, -0.25) is 4.79 Å². The van der Waals surface area contributed by atoms with E-state index in [1.54, 1.807) is 11.0 Å². The predicted molar refractivity (Wildman–Crippen MR) is 51.5 cm³/mol. The van der Waals surface area contributed by atoms with E-state index in [1.807, 2.05) is 23.7 Å². The van der Waals surface area contributed by atoms with Gasteiger partial charge in [0.1, 0.15) is 0 Å². The van der Waals surface area contributed by atoms with Crippen LogP contribution in [0.15, 0.2) is 6.20 Å². The Hall–Kier alpha value is -1.04. The molecule has 14 heavy (non-hydrogen) atoms. The zero-order valence-electron chi connectivity index (χ0n) is 7.75. The molecule has 0 saturated carbocycles. The van der Waals surface area contributed by atoms with Gasteiger partial charge < -0.3 is 4.90 Å². The highest BCUT2D eigenvalue weighted by molar-refractivity contribution is 8.00. The molecule has 0 aliphatic carbocycles. The SMILES string of the molecule is Cn1ncc(C2CN3C(=O)CC3S2)n1. The molecule has 1 aromatic rings. The fourth-order valence-corrected chi connectivity index (χ4v) is 3.31. The molecule has 74 valence electrons. The molecule has 3 rings (SSSR count). The van der Waals surface area contributed by atoms with E-state index >= 15 is 0 Å². The highest BCUT2D eigenvalue weighted by Crippen LogP contribution is 2.46. The molecule has 0 bridgehead atoms. The maximum absolute atomic E-state index is 11.2. The van der Waals surface area contributed by atoms with E-state index in [0.717, 1.165) is 12.2 Å². The summed E-state index contributed by atoms with van der Waals surface area (Å²) in [5, 5.41) is 9.02.